The first-order chi connectivity index (χ1) is 11.7. The van der Waals surface area contributed by atoms with Gasteiger partial charge in [0.1, 0.15) is 0 Å². The second-order valence-electron chi connectivity index (χ2n) is 6.99. The van der Waals surface area contributed by atoms with E-state index in [9.17, 15) is 4.79 Å². The number of rotatable bonds is 2. The Labute approximate surface area is 151 Å². The quantitative estimate of drug-likeness (QED) is 0.762. The van der Waals surface area contributed by atoms with Gasteiger partial charge in [0.2, 0.25) is 5.91 Å². The molecule has 2 aromatic rings. The van der Waals surface area contributed by atoms with Crippen LogP contribution in [0.4, 0.5) is 0 Å². The first-order valence-corrected chi connectivity index (χ1v) is 9.76. The summed E-state index contributed by atoms with van der Waals surface area (Å²) in [6, 6.07) is 6.33. The van der Waals surface area contributed by atoms with E-state index in [0.29, 0.717) is 5.91 Å². The van der Waals surface area contributed by atoms with Gasteiger partial charge in [-0.25, -0.2) is 0 Å². The lowest BCUT2D eigenvalue weighted by molar-refractivity contribution is -0.136. The van der Waals surface area contributed by atoms with E-state index < -0.39 is 0 Å². The zero-order valence-corrected chi connectivity index (χ0v) is 15.4. The molecule has 0 atom stereocenters. The lowest BCUT2D eigenvalue weighted by Gasteiger charge is -2.31. The van der Waals surface area contributed by atoms with Crippen molar-refractivity contribution in [2.24, 2.45) is 5.92 Å². The van der Waals surface area contributed by atoms with Crippen LogP contribution in [0, 0.1) is 5.92 Å². The molecule has 1 aromatic carbocycles. The highest BCUT2D eigenvalue weighted by molar-refractivity contribution is 9.10. The van der Waals surface area contributed by atoms with Gasteiger partial charge in [-0.15, -0.1) is 0 Å². The Balaban J connectivity index is 1.51. The van der Waals surface area contributed by atoms with Gasteiger partial charge in [0, 0.05) is 46.1 Å². The molecule has 1 aromatic heterocycles. The lowest BCUT2D eigenvalue weighted by atomic mass is 9.87. The molecule has 0 spiro atoms. The van der Waals surface area contributed by atoms with Crippen LogP contribution < -0.4 is 0 Å². The summed E-state index contributed by atoms with van der Waals surface area (Å²) in [5, 5.41) is 1.25. The number of carbonyl (C=O) groups excluding carboxylic acids is 1. The predicted molar refractivity (Wildman–Crippen MR) is 102 cm³/mol. The summed E-state index contributed by atoms with van der Waals surface area (Å²) < 4.78 is 1.10. The standard InChI is InChI=1S/C20H23BrN2O/c21-16-6-7-19-17(12-16)18(13-22-19)14-8-10-23(11-9-14)20(24)15-4-2-1-3-5-15/h6-8,12-13,15,22H,1-5,9-11H2. The molecule has 2 heterocycles. The number of nitrogens with zero attached hydrogens (tertiary/aromatic N) is 1. The van der Waals surface area contributed by atoms with E-state index in [4.69, 9.17) is 0 Å². The molecule has 1 amide bonds. The number of halogens is 1. The highest BCUT2D eigenvalue weighted by Gasteiger charge is 2.27. The van der Waals surface area contributed by atoms with Crippen LogP contribution >= 0.6 is 15.9 Å². The van der Waals surface area contributed by atoms with Gasteiger partial charge in [-0.1, -0.05) is 41.3 Å². The fourth-order valence-corrected chi connectivity index (χ4v) is 4.44. The highest BCUT2D eigenvalue weighted by atomic mass is 79.9. The zero-order valence-electron chi connectivity index (χ0n) is 13.9. The largest absolute Gasteiger partial charge is 0.361 e. The Bertz CT molecular complexity index is 786. The molecular weight excluding hydrogens is 364 g/mol. The Morgan fingerprint density at radius 1 is 1.21 bits per heavy atom. The lowest BCUT2D eigenvalue weighted by Crippen LogP contribution is -2.39. The number of nitrogens with one attached hydrogen (secondary N) is 1. The maximum atomic E-state index is 12.7. The van der Waals surface area contributed by atoms with Gasteiger partial charge in [0.05, 0.1) is 0 Å². The van der Waals surface area contributed by atoms with Gasteiger partial charge in [-0.05, 0) is 43.0 Å². The molecule has 4 rings (SSSR count). The molecule has 1 aliphatic heterocycles. The fourth-order valence-electron chi connectivity index (χ4n) is 4.08. The van der Waals surface area contributed by atoms with Crippen molar-refractivity contribution in [3.05, 3.63) is 40.5 Å². The number of H-pyrrole nitrogens is 1. The van der Waals surface area contributed by atoms with E-state index in [-0.39, 0.29) is 5.92 Å². The topological polar surface area (TPSA) is 36.1 Å². The number of amides is 1. The Morgan fingerprint density at radius 2 is 2.04 bits per heavy atom. The number of aromatic amines is 1. The molecule has 126 valence electrons. The average Bonchev–Trinajstić information content (AvgIpc) is 3.05. The van der Waals surface area contributed by atoms with E-state index in [2.05, 4.69) is 56.3 Å². The first kappa shape index (κ1) is 15.9. The van der Waals surface area contributed by atoms with Gasteiger partial charge in [0.25, 0.3) is 0 Å². The van der Waals surface area contributed by atoms with E-state index in [1.807, 2.05) is 0 Å². The summed E-state index contributed by atoms with van der Waals surface area (Å²) >= 11 is 3.56. The zero-order chi connectivity index (χ0) is 16.5. The molecule has 3 nitrogen and oxygen atoms in total. The van der Waals surface area contributed by atoms with Crippen molar-refractivity contribution >= 4 is 38.3 Å². The molecule has 0 unspecified atom stereocenters. The Hall–Kier alpha value is -1.55. The van der Waals surface area contributed by atoms with Crippen LogP contribution in [-0.4, -0.2) is 28.9 Å². The van der Waals surface area contributed by atoms with Crippen molar-refractivity contribution in [2.45, 2.75) is 38.5 Å². The average molecular weight is 387 g/mol. The summed E-state index contributed by atoms with van der Waals surface area (Å²) in [6.45, 7) is 1.60. The van der Waals surface area contributed by atoms with Crippen molar-refractivity contribution < 1.29 is 4.79 Å². The molecule has 1 aliphatic carbocycles. The molecule has 0 radical (unpaired) electrons. The summed E-state index contributed by atoms with van der Waals surface area (Å²) in [6.07, 6.45) is 11.2. The number of hydrogen-bond donors (Lipinski definition) is 1. The van der Waals surface area contributed by atoms with E-state index in [1.165, 1.54) is 35.8 Å². The molecule has 4 heteroatoms. The molecule has 1 fully saturated rings. The third-order valence-corrected chi connectivity index (χ3v) is 5.96. The van der Waals surface area contributed by atoms with Crippen molar-refractivity contribution in [3.63, 3.8) is 0 Å². The normalized spacial score (nSPS) is 19.5. The second kappa shape index (κ2) is 6.75. The Morgan fingerprint density at radius 3 is 2.79 bits per heavy atom. The van der Waals surface area contributed by atoms with Crippen LogP contribution in [0.15, 0.2) is 34.9 Å². The minimum absolute atomic E-state index is 0.276. The van der Waals surface area contributed by atoms with E-state index in [0.717, 1.165) is 42.3 Å². The third kappa shape index (κ3) is 3.04. The molecule has 0 bridgehead atoms. The molecule has 1 saturated carbocycles. The second-order valence-corrected chi connectivity index (χ2v) is 7.91. The van der Waals surface area contributed by atoms with Crippen LogP contribution in [0.1, 0.15) is 44.1 Å². The van der Waals surface area contributed by atoms with Gasteiger partial charge in [-0.2, -0.15) is 0 Å². The van der Waals surface area contributed by atoms with Crippen molar-refractivity contribution in [2.75, 3.05) is 13.1 Å². The van der Waals surface area contributed by atoms with Gasteiger partial charge >= 0.3 is 0 Å². The van der Waals surface area contributed by atoms with Crippen LogP contribution in [0.3, 0.4) is 0 Å². The van der Waals surface area contributed by atoms with Crippen LogP contribution in [-0.2, 0) is 4.79 Å². The van der Waals surface area contributed by atoms with E-state index >= 15 is 0 Å². The molecular formula is C20H23BrN2O. The molecule has 2 aliphatic rings. The first-order valence-electron chi connectivity index (χ1n) is 8.97. The van der Waals surface area contributed by atoms with Crippen LogP contribution in [0.2, 0.25) is 0 Å². The fraction of sp³-hybridized carbons (Fsp3) is 0.450. The van der Waals surface area contributed by atoms with Gasteiger partial charge < -0.3 is 9.88 Å². The smallest absolute Gasteiger partial charge is 0.225 e. The van der Waals surface area contributed by atoms with Gasteiger partial charge in [-0.3, -0.25) is 4.79 Å². The van der Waals surface area contributed by atoms with Crippen molar-refractivity contribution in [1.82, 2.24) is 9.88 Å². The Kier molecular flexibility index (Phi) is 4.49. The minimum Gasteiger partial charge on any atom is -0.361 e. The summed E-state index contributed by atoms with van der Waals surface area (Å²) in [7, 11) is 0. The summed E-state index contributed by atoms with van der Waals surface area (Å²) in [5.41, 5.74) is 3.79. The van der Waals surface area contributed by atoms with Gasteiger partial charge in [0.15, 0.2) is 0 Å². The number of carbonyl (C=O) groups is 1. The highest BCUT2D eigenvalue weighted by Crippen LogP contribution is 2.32. The predicted octanol–water partition coefficient (Wildman–Crippen LogP) is 5.13. The van der Waals surface area contributed by atoms with Crippen LogP contribution in [0.25, 0.3) is 16.5 Å². The van der Waals surface area contributed by atoms with Crippen molar-refractivity contribution in [3.8, 4) is 0 Å². The maximum absolute atomic E-state index is 12.7. The number of hydrogen-bond acceptors (Lipinski definition) is 1. The number of benzene rings is 1. The monoisotopic (exact) mass is 386 g/mol. The maximum Gasteiger partial charge on any atom is 0.225 e. The minimum atomic E-state index is 0.276. The number of aromatic nitrogens is 1. The summed E-state index contributed by atoms with van der Waals surface area (Å²) in [4.78, 5) is 18.1. The molecule has 1 N–H and O–H groups in total. The molecule has 24 heavy (non-hydrogen) atoms. The number of fused-ring (bicyclic) bond motifs is 1. The van der Waals surface area contributed by atoms with Crippen molar-refractivity contribution in [1.29, 1.82) is 0 Å². The van der Waals surface area contributed by atoms with Crippen LogP contribution in [0.5, 0.6) is 0 Å². The van der Waals surface area contributed by atoms with E-state index in [1.54, 1.807) is 0 Å². The SMILES string of the molecule is O=C(C1CCCCC1)N1CC=C(c2c[nH]c3ccc(Br)cc23)CC1. The third-order valence-electron chi connectivity index (χ3n) is 5.46. The summed E-state index contributed by atoms with van der Waals surface area (Å²) in [5.74, 6) is 0.657. The molecule has 0 saturated heterocycles.